The minimum atomic E-state index is 0.0747. The molecule has 1 aliphatic carbocycles. The van der Waals surface area contributed by atoms with Crippen LogP contribution in [0.15, 0.2) is 18.3 Å². The summed E-state index contributed by atoms with van der Waals surface area (Å²) in [7, 11) is 0. The number of rotatable bonds is 5. The van der Waals surface area contributed by atoms with Crippen LogP contribution in [-0.2, 0) is 0 Å². The van der Waals surface area contributed by atoms with Crippen LogP contribution in [0.5, 0.6) is 0 Å². The monoisotopic (exact) mass is 434 g/mol. The van der Waals surface area contributed by atoms with Gasteiger partial charge in [0.2, 0.25) is 5.95 Å². The molecule has 2 aromatic heterocycles. The highest BCUT2D eigenvalue weighted by Gasteiger charge is 2.25. The number of nitrogens with one attached hydrogen (secondary N) is 2. The molecule has 1 atom stereocenters. The van der Waals surface area contributed by atoms with Gasteiger partial charge in [0.05, 0.1) is 34.2 Å². The summed E-state index contributed by atoms with van der Waals surface area (Å²) in [6.07, 6.45) is 4.44. The van der Waals surface area contributed by atoms with Gasteiger partial charge in [-0.2, -0.15) is 20.0 Å². The molecule has 2 aliphatic rings. The van der Waals surface area contributed by atoms with Gasteiger partial charge in [0.25, 0.3) is 0 Å². The van der Waals surface area contributed by atoms with Crippen LogP contribution in [0.4, 0.5) is 23.1 Å². The first-order valence-corrected chi connectivity index (χ1v) is 10.4. The van der Waals surface area contributed by atoms with Gasteiger partial charge in [0, 0.05) is 25.2 Å². The molecule has 10 nitrogen and oxygen atoms in total. The van der Waals surface area contributed by atoms with E-state index < -0.39 is 0 Å². The Bertz CT molecular complexity index is 1250. The summed E-state index contributed by atoms with van der Waals surface area (Å²) >= 11 is 6.71. The van der Waals surface area contributed by atoms with E-state index in [1.165, 1.54) is 10.7 Å². The van der Waals surface area contributed by atoms with Gasteiger partial charge in [0.15, 0.2) is 17.2 Å². The number of aromatic nitrogens is 4. The van der Waals surface area contributed by atoms with Crippen LogP contribution in [0.2, 0.25) is 5.02 Å². The van der Waals surface area contributed by atoms with E-state index in [1.807, 2.05) is 0 Å². The second kappa shape index (κ2) is 7.58. The first-order valence-electron chi connectivity index (χ1n) is 9.99. The molecule has 0 radical (unpaired) electrons. The Labute approximate surface area is 183 Å². The second-order valence-corrected chi connectivity index (χ2v) is 8.16. The fourth-order valence-electron chi connectivity index (χ4n) is 3.65. The van der Waals surface area contributed by atoms with Crippen molar-refractivity contribution in [3.63, 3.8) is 0 Å². The minimum Gasteiger partial charge on any atom is -0.369 e. The quantitative estimate of drug-likeness (QED) is 0.551. The zero-order valence-corrected chi connectivity index (χ0v) is 17.3. The molecule has 3 heterocycles. The number of imidazole rings is 1. The number of hydrogen-bond acceptors (Lipinski definition) is 9. The van der Waals surface area contributed by atoms with Crippen molar-refractivity contribution in [2.45, 2.75) is 31.3 Å². The van der Waals surface area contributed by atoms with Crippen LogP contribution in [0, 0.1) is 22.7 Å². The third-order valence-corrected chi connectivity index (χ3v) is 5.79. The summed E-state index contributed by atoms with van der Waals surface area (Å²) in [6.45, 7) is 1.44. The maximum absolute atomic E-state index is 9.52. The number of benzene rings is 1. The van der Waals surface area contributed by atoms with Crippen LogP contribution in [0.1, 0.15) is 30.5 Å². The number of nitrogens with two attached hydrogens (primary N) is 1. The first-order chi connectivity index (χ1) is 15.1. The summed E-state index contributed by atoms with van der Waals surface area (Å²) in [4.78, 5) is 10.9. The summed E-state index contributed by atoms with van der Waals surface area (Å²) in [5.74, 6) is 0.783. The van der Waals surface area contributed by atoms with E-state index in [0.29, 0.717) is 46.0 Å². The summed E-state index contributed by atoms with van der Waals surface area (Å²) in [6, 6.07) is 8.09. The molecule has 11 heteroatoms. The van der Waals surface area contributed by atoms with E-state index in [0.717, 1.165) is 31.5 Å². The number of fused-ring (bicyclic) bond motifs is 1. The van der Waals surface area contributed by atoms with Gasteiger partial charge < -0.3 is 21.3 Å². The molecule has 1 saturated heterocycles. The Hall–Kier alpha value is -3.60. The topological polar surface area (TPSA) is 144 Å². The van der Waals surface area contributed by atoms with Crippen molar-refractivity contribution < 1.29 is 0 Å². The third-order valence-electron chi connectivity index (χ3n) is 5.39. The lowest BCUT2D eigenvalue weighted by Gasteiger charge is -2.22. The van der Waals surface area contributed by atoms with Crippen LogP contribution >= 0.6 is 11.6 Å². The van der Waals surface area contributed by atoms with Gasteiger partial charge in [0.1, 0.15) is 6.07 Å². The molecule has 0 spiro atoms. The van der Waals surface area contributed by atoms with Crippen molar-refractivity contribution >= 4 is 40.4 Å². The molecule has 5 rings (SSSR count). The highest BCUT2D eigenvalue weighted by atomic mass is 35.5. The van der Waals surface area contributed by atoms with E-state index in [1.54, 1.807) is 12.1 Å². The molecule has 0 bridgehead atoms. The molecule has 156 valence electrons. The predicted octanol–water partition coefficient (Wildman–Crippen LogP) is 2.38. The minimum absolute atomic E-state index is 0.0747. The smallest absolute Gasteiger partial charge is 0.247 e. The van der Waals surface area contributed by atoms with E-state index in [9.17, 15) is 10.5 Å². The lowest BCUT2D eigenvalue weighted by atomic mass is 10.1. The molecule has 0 amide bonds. The van der Waals surface area contributed by atoms with Gasteiger partial charge in [-0.1, -0.05) is 11.6 Å². The maximum Gasteiger partial charge on any atom is 0.247 e. The van der Waals surface area contributed by atoms with Crippen LogP contribution < -0.4 is 21.3 Å². The highest BCUT2D eigenvalue weighted by Crippen LogP contribution is 2.37. The Kier molecular flexibility index (Phi) is 4.74. The molecule has 4 N–H and O–H groups in total. The van der Waals surface area contributed by atoms with E-state index in [-0.39, 0.29) is 12.0 Å². The zero-order valence-electron chi connectivity index (χ0n) is 16.5. The standard InChI is InChI=1S/C20H19ClN10/c21-17-15(5-11(7-22)6-16(17)30-4-3-12(24)10-30)27-20-28-18(26-13-1-2-13)19-25-9-14(8-23)31(19)29-20/h5-6,9,12-13H,1-4,10,24H2,(H2,26,27,28,29)/t12-/m1/s1. The van der Waals surface area contributed by atoms with Crippen LogP contribution in [0.3, 0.4) is 0 Å². The largest absolute Gasteiger partial charge is 0.369 e. The van der Waals surface area contributed by atoms with E-state index in [4.69, 9.17) is 17.3 Å². The van der Waals surface area contributed by atoms with Crippen molar-refractivity contribution in [3.8, 4) is 12.1 Å². The van der Waals surface area contributed by atoms with Crippen molar-refractivity contribution in [1.29, 1.82) is 10.5 Å². The molecular formula is C20H19ClN10. The Morgan fingerprint density at radius 3 is 2.71 bits per heavy atom. The number of anilines is 4. The van der Waals surface area contributed by atoms with Gasteiger partial charge in [-0.3, -0.25) is 0 Å². The number of halogens is 1. The first kappa shape index (κ1) is 19.4. The average molecular weight is 435 g/mol. The van der Waals surface area contributed by atoms with E-state index in [2.05, 4.69) is 42.7 Å². The van der Waals surface area contributed by atoms with Crippen LogP contribution in [0.25, 0.3) is 5.65 Å². The lowest BCUT2D eigenvalue weighted by Crippen LogP contribution is -2.26. The van der Waals surface area contributed by atoms with Crippen molar-refractivity contribution in [3.05, 3.63) is 34.6 Å². The summed E-state index contributed by atoms with van der Waals surface area (Å²) < 4.78 is 1.45. The SMILES string of the molecule is N#Cc1cc(Nc2nc(NC3CC3)c3ncc(C#N)n3n2)c(Cl)c(N2CC[C@@H](N)C2)c1. The molecular weight excluding hydrogens is 416 g/mol. The Morgan fingerprint density at radius 2 is 2.03 bits per heavy atom. The van der Waals surface area contributed by atoms with Gasteiger partial charge in [-0.25, -0.2) is 4.98 Å². The predicted molar refractivity (Wildman–Crippen MR) is 116 cm³/mol. The third kappa shape index (κ3) is 3.67. The summed E-state index contributed by atoms with van der Waals surface area (Å²) in [5, 5.41) is 30.2. The number of hydrogen-bond donors (Lipinski definition) is 3. The molecule has 2 fully saturated rings. The Morgan fingerprint density at radius 1 is 1.19 bits per heavy atom. The fourth-order valence-corrected chi connectivity index (χ4v) is 3.93. The van der Waals surface area contributed by atoms with Gasteiger partial charge >= 0.3 is 0 Å². The maximum atomic E-state index is 9.52. The van der Waals surface area contributed by atoms with Crippen molar-refractivity contribution in [2.75, 3.05) is 28.6 Å². The zero-order chi connectivity index (χ0) is 21.5. The van der Waals surface area contributed by atoms with Gasteiger partial charge in [-0.05, 0) is 31.4 Å². The lowest BCUT2D eigenvalue weighted by molar-refractivity contribution is 0.752. The average Bonchev–Trinajstić information content (AvgIpc) is 3.31. The van der Waals surface area contributed by atoms with E-state index >= 15 is 0 Å². The van der Waals surface area contributed by atoms with Gasteiger partial charge in [-0.15, -0.1) is 5.10 Å². The normalized spacial score (nSPS) is 18.1. The van der Waals surface area contributed by atoms with Crippen LogP contribution in [-0.4, -0.2) is 44.8 Å². The molecule has 0 unspecified atom stereocenters. The Balaban J connectivity index is 1.56. The number of nitriles is 2. The van der Waals surface area contributed by atoms with Crippen molar-refractivity contribution in [2.24, 2.45) is 5.73 Å². The molecule has 3 aromatic rings. The molecule has 31 heavy (non-hydrogen) atoms. The molecule has 1 aliphatic heterocycles. The highest BCUT2D eigenvalue weighted by molar-refractivity contribution is 6.36. The second-order valence-electron chi connectivity index (χ2n) is 7.78. The number of nitrogens with zero attached hydrogens (tertiary/aromatic N) is 7. The fraction of sp³-hybridized carbons (Fsp3) is 0.350. The summed E-state index contributed by atoms with van der Waals surface area (Å²) in [5.41, 5.74) is 8.54. The molecule has 1 saturated carbocycles. The molecule has 1 aromatic carbocycles. The van der Waals surface area contributed by atoms with Crippen molar-refractivity contribution in [1.82, 2.24) is 19.6 Å².